The van der Waals surface area contributed by atoms with Crippen LogP contribution in [0.5, 0.6) is 0 Å². The number of rotatable bonds is 9. The van der Waals surface area contributed by atoms with Gasteiger partial charge in [-0.3, -0.25) is 19.0 Å². The molecule has 5 rings (SSSR count). The Bertz CT molecular complexity index is 1430. The average Bonchev–Trinajstić information content (AvgIpc) is 3.62. The number of carbonyl (C=O) groups is 2. The van der Waals surface area contributed by atoms with Crippen LogP contribution in [0.15, 0.2) is 81.3 Å². The van der Waals surface area contributed by atoms with Gasteiger partial charge in [-0.2, -0.15) is 0 Å². The molecule has 0 aliphatic carbocycles. The van der Waals surface area contributed by atoms with Crippen molar-refractivity contribution in [2.75, 3.05) is 12.4 Å². The van der Waals surface area contributed by atoms with Crippen molar-refractivity contribution in [1.29, 1.82) is 0 Å². The van der Waals surface area contributed by atoms with E-state index in [-0.39, 0.29) is 35.7 Å². The molecule has 1 amide bonds. The molecular weight excluding hydrogens is 478 g/mol. The average molecular weight is 504 g/mol. The lowest BCUT2D eigenvalue weighted by atomic mass is 10.1. The van der Waals surface area contributed by atoms with E-state index in [1.54, 1.807) is 53.3 Å². The van der Waals surface area contributed by atoms with Crippen LogP contribution in [0.1, 0.15) is 39.3 Å². The van der Waals surface area contributed by atoms with Crippen LogP contribution < -0.4 is 10.9 Å². The summed E-state index contributed by atoms with van der Waals surface area (Å²) in [6.45, 7) is 1.30. The largest absolute Gasteiger partial charge is 0.467 e. The van der Waals surface area contributed by atoms with Crippen molar-refractivity contribution in [1.82, 2.24) is 14.9 Å². The maximum Gasteiger partial charge on any atom is 0.262 e. The summed E-state index contributed by atoms with van der Waals surface area (Å²) in [5.74, 6) is 0.425. The lowest BCUT2D eigenvalue weighted by Gasteiger charge is -2.16. The molecule has 8 nitrogen and oxygen atoms in total. The second-order valence-electron chi connectivity index (χ2n) is 8.52. The van der Waals surface area contributed by atoms with Gasteiger partial charge in [-0.1, -0.05) is 42.1 Å². The number of furan rings is 1. The maximum absolute atomic E-state index is 13.5. The van der Waals surface area contributed by atoms with Crippen molar-refractivity contribution >= 4 is 34.4 Å². The zero-order chi connectivity index (χ0) is 24.9. The third-order valence-corrected chi connectivity index (χ3v) is 7.00. The monoisotopic (exact) mass is 503 g/mol. The van der Waals surface area contributed by atoms with Gasteiger partial charge in [0.1, 0.15) is 5.76 Å². The summed E-state index contributed by atoms with van der Waals surface area (Å²) in [5, 5.41) is 3.65. The number of nitrogens with zero attached hydrogens (tertiary/aromatic N) is 2. The van der Waals surface area contributed by atoms with Crippen molar-refractivity contribution in [2.45, 2.75) is 37.2 Å². The molecule has 1 atom stereocenters. The Morgan fingerprint density at radius 3 is 2.69 bits per heavy atom. The number of benzene rings is 2. The number of carbonyl (C=O) groups excluding carboxylic acids is 2. The van der Waals surface area contributed by atoms with Crippen LogP contribution in [0.4, 0.5) is 0 Å². The van der Waals surface area contributed by atoms with Gasteiger partial charge >= 0.3 is 0 Å². The van der Waals surface area contributed by atoms with Crippen LogP contribution in [-0.2, 0) is 17.8 Å². The molecule has 2 aromatic carbocycles. The molecule has 1 saturated heterocycles. The van der Waals surface area contributed by atoms with Crippen molar-refractivity contribution in [2.24, 2.45) is 0 Å². The lowest BCUT2D eigenvalue weighted by Crippen LogP contribution is -2.29. The Kier molecular flexibility index (Phi) is 7.29. The minimum Gasteiger partial charge on any atom is -0.467 e. The molecule has 1 aliphatic heterocycles. The number of ketones is 1. The van der Waals surface area contributed by atoms with E-state index in [0.717, 1.165) is 12.8 Å². The molecule has 184 valence electrons. The van der Waals surface area contributed by atoms with E-state index < -0.39 is 0 Å². The molecule has 0 saturated carbocycles. The molecule has 2 aromatic heterocycles. The van der Waals surface area contributed by atoms with Crippen molar-refractivity contribution < 1.29 is 18.7 Å². The Labute approximate surface area is 211 Å². The summed E-state index contributed by atoms with van der Waals surface area (Å²) in [6.07, 6.45) is 3.29. The number of amides is 1. The number of aromatic nitrogens is 2. The van der Waals surface area contributed by atoms with E-state index >= 15 is 0 Å². The molecule has 1 aliphatic rings. The number of hydrogen-bond donors (Lipinski definition) is 1. The molecule has 0 spiro atoms. The van der Waals surface area contributed by atoms with Crippen molar-refractivity contribution in [3.63, 3.8) is 0 Å². The predicted molar refractivity (Wildman–Crippen MR) is 136 cm³/mol. The fourth-order valence-electron chi connectivity index (χ4n) is 4.13. The van der Waals surface area contributed by atoms with Crippen LogP contribution >= 0.6 is 11.8 Å². The molecule has 1 unspecified atom stereocenters. The van der Waals surface area contributed by atoms with E-state index in [1.165, 1.54) is 11.8 Å². The Morgan fingerprint density at radius 1 is 1.08 bits per heavy atom. The minimum absolute atomic E-state index is 0.0512. The standard InChI is InChI=1S/C27H25N3O5S/c31-24(18-6-2-1-3-7-18)17-36-27-29-23-14-19(25(32)28-15-20-8-4-12-34-20)10-11-22(23)26(33)30(27)16-21-9-5-13-35-21/h1-4,6-8,10-12,14,21H,5,9,13,15-17H2,(H,28,32). The van der Waals surface area contributed by atoms with Crippen molar-refractivity contribution in [3.8, 4) is 0 Å². The Balaban J connectivity index is 1.43. The van der Waals surface area contributed by atoms with E-state index in [2.05, 4.69) is 5.32 Å². The number of hydrogen-bond acceptors (Lipinski definition) is 7. The highest BCUT2D eigenvalue weighted by Gasteiger charge is 2.21. The molecule has 1 N–H and O–H groups in total. The van der Waals surface area contributed by atoms with E-state index in [4.69, 9.17) is 14.1 Å². The number of thioether (sulfide) groups is 1. The summed E-state index contributed by atoms with van der Waals surface area (Å²) in [4.78, 5) is 43.6. The van der Waals surface area contributed by atoms with Gasteiger partial charge in [0.2, 0.25) is 0 Å². The second kappa shape index (κ2) is 10.9. The molecule has 3 heterocycles. The van der Waals surface area contributed by atoms with Crippen LogP contribution in [0.3, 0.4) is 0 Å². The highest BCUT2D eigenvalue weighted by Crippen LogP contribution is 2.22. The second-order valence-corrected chi connectivity index (χ2v) is 9.46. The minimum atomic E-state index is -0.299. The SMILES string of the molecule is O=C(CSc1nc2cc(C(=O)NCc3ccco3)ccc2c(=O)n1CC1CCCO1)c1ccccc1. The van der Waals surface area contributed by atoms with Crippen LogP contribution in [0.2, 0.25) is 0 Å². The molecule has 4 aromatic rings. The van der Waals surface area contributed by atoms with Gasteiger partial charge in [-0.05, 0) is 43.2 Å². The van der Waals surface area contributed by atoms with Crippen molar-refractivity contribution in [3.05, 3.63) is 94.2 Å². The zero-order valence-corrected chi connectivity index (χ0v) is 20.3. The van der Waals surface area contributed by atoms with Gasteiger partial charge in [0.15, 0.2) is 10.9 Å². The van der Waals surface area contributed by atoms with Gasteiger partial charge in [0.25, 0.3) is 11.5 Å². The third kappa shape index (κ3) is 5.42. The fourth-order valence-corrected chi connectivity index (χ4v) is 5.03. The summed E-state index contributed by atoms with van der Waals surface area (Å²) < 4.78 is 12.6. The zero-order valence-electron chi connectivity index (χ0n) is 19.5. The quantitative estimate of drug-likeness (QED) is 0.209. The summed E-state index contributed by atoms with van der Waals surface area (Å²) >= 11 is 1.22. The number of nitrogens with one attached hydrogen (secondary N) is 1. The van der Waals surface area contributed by atoms with E-state index in [0.29, 0.717) is 46.1 Å². The first-order valence-corrected chi connectivity index (χ1v) is 12.7. The Morgan fingerprint density at radius 2 is 1.94 bits per heavy atom. The predicted octanol–water partition coefficient (Wildman–Crippen LogP) is 4.07. The highest BCUT2D eigenvalue weighted by atomic mass is 32.2. The normalized spacial score (nSPS) is 15.3. The molecule has 0 bridgehead atoms. The first kappa shape index (κ1) is 24.0. The highest BCUT2D eigenvalue weighted by molar-refractivity contribution is 7.99. The van der Waals surface area contributed by atoms with Gasteiger partial charge < -0.3 is 14.5 Å². The van der Waals surface area contributed by atoms with Gasteiger partial charge in [-0.15, -0.1) is 0 Å². The first-order valence-electron chi connectivity index (χ1n) is 11.8. The summed E-state index contributed by atoms with van der Waals surface area (Å²) in [6, 6.07) is 17.4. The summed E-state index contributed by atoms with van der Waals surface area (Å²) in [5.41, 5.74) is 1.18. The number of fused-ring (bicyclic) bond motifs is 1. The Hall–Kier alpha value is -3.69. The molecular formula is C27H25N3O5S. The molecule has 36 heavy (non-hydrogen) atoms. The molecule has 9 heteroatoms. The lowest BCUT2D eigenvalue weighted by molar-refractivity contribution is 0.0937. The van der Waals surface area contributed by atoms with E-state index in [1.807, 2.05) is 18.2 Å². The fraction of sp³-hybridized carbons (Fsp3) is 0.259. The summed E-state index contributed by atoms with van der Waals surface area (Å²) in [7, 11) is 0. The number of ether oxygens (including phenoxy) is 1. The van der Waals surface area contributed by atoms with Gasteiger partial charge in [0, 0.05) is 17.7 Å². The van der Waals surface area contributed by atoms with Crippen LogP contribution in [0, 0.1) is 0 Å². The van der Waals surface area contributed by atoms with Gasteiger partial charge in [-0.25, -0.2) is 4.98 Å². The van der Waals surface area contributed by atoms with Gasteiger partial charge in [0.05, 0.1) is 42.1 Å². The van der Waals surface area contributed by atoms with E-state index in [9.17, 15) is 14.4 Å². The topological polar surface area (TPSA) is 103 Å². The molecule has 1 fully saturated rings. The number of Topliss-reactive ketones (excluding diaryl/α,β-unsaturated/α-hetero) is 1. The van der Waals surface area contributed by atoms with Crippen LogP contribution in [-0.4, -0.2) is 39.7 Å². The smallest absolute Gasteiger partial charge is 0.262 e. The maximum atomic E-state index is 13.5. The third-order valence-electron chi connectivity index (χ3n) is 6.02. The molecule has 0 radical (unpaired) electrons. The van der Waals surface area contributed by atoms with Crippen LogP contribution in [0.25, 0.3) is 10.9 Å². The first-order chi connectivity index (χ1) is 17.6.